The van der Waals surface area contributed by atoms with Crippen LogP contribution in [0.3, 0.4) is 0 Å². The molecule has 1 fully saturated rings. The summed E-state index contributed by atoms with van der Waals surface area (Å²) in [5.74, 6) is 2.56. The molecule has 28 heavy (non-hydrogen) atoms. The molecule has 7 heteroatoms. The molecular weight excluding hydrogens is 352 g/mol. The fourth-order valence-electron chi connectivity index (χ4n) is 4.15. The first-order valence-corrected chi connectivity index (χ1v) is 9.99. The first-order valence-electron chi connectivity index (χ1n) is 9.99. The third-order valence-corrected chi connectivity index (χ3v) is 5.55. The molecule has 0 saturated carbocycles. The molecule has 148 valence electrons. The van der Waals surface area contributed by atoms with Gasteiger partial charge in [0.2, 0.25) is 0 Å². The van der Waals surface area contributed by atoms with Crippen molar-refractivity contribution in [1.29, 1.82) is 0 Å². The van der Waals surface area contributed by atoms with Crippen molar-refractivity contribution in [2.24, 2.45) is 5.92 Å². The number of hydrogen-bond acceptors (Lipinski definition) is 6. The van der Waals surface area contributed by atoms with Crippen LogP contribution in [0.2, 0.25) is 0 Å². The van der Waals surface area contributed by atoms with Gasteiger partial charge in [-0.05, 0) is 59.1 Å². The van der Waals surface area contributed by atoms with Gasteiger partial charge in [0.15, 0.2) is 0 Å². The predicted octanol–water partition coefficient (Wildman–Crippen LogP) is 3.59. The highest BCUT2D eigenvalue weighted by molar-refractivity contribution is 5.63. The van der Waals surface area contributed by atoms with Crippen molar-refractivity contribution >= 4 is 0 Å². The average molecular weight is 380 g/mol. The molecule has 1 aliphatic heterocycles. The Balaban J connectivity index is 1.41. The van der Waals surface area contributed by atoms with Gasteiger partial charge in [-0.25, -0.2) is 15.0 Å². The van der Waals surface area contributed by atoms with E-state index in [1.807, 2.05) is 20.0 Å². The molecule has 0 aliphatic carbocycles. The minimum atomic E-state index is 0.444. The van der Waals surface area contributed by atoms with Gasteiger partial charge >= 0.3 is 0 Å². The van der Waals surface area contributed by atoms with E-state index in [-0.39, 0.29) is 0 Å². The molecule has 0 unspecified atom stereocenters. The number of imidazole rings is 1. The van der Waals surface area contributed by atoms with Crippen LogP contribution in [0.1, 0.15) is 49.3 Å². The van der Waals surface area contributed by atoms with Gasteiger partial charge in [0.05, 0.1) is 23.5 Å². The average Bonchev–Trinajstić information content (AvgIpc) is 3.37. The van der Waals surface area contributed by atoms with Crippen LogP contribution in [-0.2, 0) is 13.0 Å². The summed E-state index contributed by atoms with van der Waals surface area (Å²) in [6.07, 6.45) is 7.79. The maximum Gasteiger partial charge on any atom is 0.143 e. The molecule has 0 bridgehead atoms. The van der Waals surface area contributed by atoms with E-state index in [0.29, 0.717) is 12.0 Å². The van der Waals surface area contributed by atoms with Gasteiger partial charge in [-0.15, -0.1) is 0 Å². The summed E-state index contributed by atoms with van der Waals surface area (Å²) >= 11 is 0. The molecule has 3 aromatic heterocycles. The fourth-order valence-corrected chi connectivity index (χ4v) is 4.15. The zero-order valence-corrected chi connectivity index (χ0v) is 17.1. The number of likely N-dealkylation sites (tertiary alicyclic amines) is 1. The molecule has 0 radical (unpaired) electrons. The lowest BCUT2D eigenvalue weighted by Crippen LogP contribution is -2.23. The lowest BCUT2D eigenvalue weighted by atomic mass is 10.0. The van der Waals surface area contributed by atoms with Crippen LogP contribution in [-0.4, -0.2) is 42.7 Å². The summed E-state index contributed by atoms with van der Waals surface area (Å²) in [4.78, 5) is 16.0. The predicted molar refractivity (Wildman–Crippen MR) is 107 cm³/mol. The maximum absolute atomic E-state index is 5.29. The summed E-state index contributed by atoms with van der Waals surface area (Å²) in [6, 6.07) is 2.53. The molecule has 0 N–H and O–H groups in total. The van der Waals surface area contributed by atoms with Crippen molar-refractivity contribution < 1.29 is 4.52 Å². The summed E-state index contributed by atoms with van der Waals surface area (Å²) in [7, 11) is 0. The van der Waals surface area contributed by atoms with Gasteiger partial charge in [-0.1, -0.05) is 5.16 Å². The Morgan fingerprint density at radius 2 is 2.07 bits per heavy atom. The van der Waals surface area contributed by atoms with Gasteiger partial charge in [-0.2, -0.15) is 0 Å². The molecule has 1 aliphatic rings. The van der Waals surface area contributed by atoms with Gasteiger partial charge < -0.3 is 9.09 Å². The number of rotatable bonds is 6. The largest absolute Gasteiger partial charge is 0.361 e. The van der Waals surface area contributed by atoms with Gasteiger partial charge in [0, 0.05) is 30.7 Å². The topological polar surface area (TPSA) is 72.9 Å². The molecule has 7 nitrogen and oxygen atoms in total. The number of aromatic nitrogens is 5. The second-order valence-electron chi connectivity index (χ2n) is 8.03. The van der Waals surface area contributed by atoms with Crippen molar-refractivity contribution in [3.8, 4) is 11.3 Å². The smallest absolute Gasteiger partial charge is 0.143 e. The zero-order valence-electron chi connectivity index (χ0n) is 17.1. The first kappa shape index (κ1) is 18.8. The van der Waals surface area contributed by atoms with Crippen LogP contribution in [0.25, 0.3) is 11.3 Å². The van der Waals surface area contributed by atoms with Crippen LogP contribution >= 0.6 is 0 Å². The third-order valence-electron chi connectivity index (χ3n) is 5.55. The minimum Gasteiger partial charge on any atom is -0.361 e. The molecule has 4 heterocycles. The Kier molecular flexibility index (Phi) is 5.26. The Hall–Kier alpha value is -2.54. The summed E-state index contributed by atoms with van der Waals surface area (Å²) in [5, 5.41) is 4.04. The van der Waals surface area contributed by atoms with Crippen molar-refractivity contribution in [2.45, 2.75) is 53.1 Å². The normalized spacial score (nSPS) is 17.7. The monoisotopic (exact) mass is 380 g/mol. The van der Waals surface area contributed by atoms with E-state index < -0.39 is 0 Å². The molecule has 4 rings (SSSR count). The highest BCUT2D eigenvalue weighted by atomic mass is 16.5. The van der Waals surface area contributed by atoms with E-state index in [0.717, 1.165) is 60.3 Å². The SMILES string of the molecule is Cc1noc(C)c1-c1cc(C[C@H]2CCN(Cc3nccn3C(C)C)C2)ncn1. The summed E-state index contributed by atoms with van der Waals surface area (Å²) in [6.45, 7) is 11.4. The van der Waals surface area contributed by atoms with Crippen molar-refractivity contribution in [3.05, 3.63) is 47.8 Å². The number of nitrogens with zero attached hydrogens (tertiary/aromatic N) is 6. The highest BCUT2D eigenvalue weighted by Gasteiger charge is 2.25. The second kappa shape index (κ2) is 7.83. The van der Waals surface area contributed by atoms with Gasteiger partial charge in [-0.3, -0.25) is 4.90 Å². The van der Waals surface area contributed by atoms with Crippen LogP contribution in [0.15, 0.2) is 29.3 Å². The van der Waals surface area contributed by atoms with E-state index in [2.05, 4.69) is 55.7 Å². The van der Waals surface area contributed by atoms with E-state index in [9.17, 15) is 0 Å². The van der Waals surface area contributed by atoms with Crippen LogP contribution in [0.4, 0.5) is 0 Å². The van der Waals surface area contributed by atoms with Crippen molar-refractivity contribution in [2.75, 3.05) is 13.1 Å². The van der Waals surface area contributed by atoms with E-state index in [1.54, 1.807) is 6.33 Å². The first-order chi connectivity index (χ1) is 13.5. The van der Waals surface area contributed by atoms with Crippen LogP contribution in [0, 0.1) is 19.8 Å². The molecule has 3 aromatic rings. The Bertz CT molecular complexity index is 925. The molecule has 1 atom stereocenters. The van der Waals surface area contributed by atoms with E-state index in [1.165, 1.54) is 6.42 Å². The number of hydrogen-bond donors (Lipinski definition) is 0. The quantitative estimate of drug-likeness (QED) is 0.651. The molecular formula is C21H28N6O. The van der Waals surface area contributed by atoms with Gasteiger partial charge in [0.25, 0.3) is 0 Å². The van der Waals surface area contributed by atoms with E-state index in [4.69, 9.17) is 4.52 Å². The Morgan fingerprint density at radius 1 is 1.21 bits per heavy atom. The Labute approximate surface area is 165 Å². The lowest BCUT2D eigenvalue weighted by Gasteiger charge is -2.18. The molecule has 0 spiro atoms. The molecule has 0 amide bonds. The molecule has 1 saturated heterocycles. The Morgan fingerprint density at radius 3 is 2.82 bits per heavy atom. The lowest BCUT2D eigenvalue weighted by molar-refractivity contribution is 0.300. The summed E-state index contributed by atoms with van der Waals surface area (Å²) in [5.41, 5.74) is 3.84. The van der Waals surface area contributed by atoms with Gasteiger partial charge in [0.1, 0.15) is 17.9 Å². The van der Waals surface area contributed by atoms with Crippen molar-refractivity contribution in [3.63, 3.8) is 0 Å². The van der Waals surface area contributed by atoms with E-state index >= 15 is 0 Å². The maximum atomic E-state index is 5.29. The minimum absolute atomic E-state index is 0.444. The summed E-state index contributed by atoms with van der Waals surface area (Å²) < 4.78 is 7.55. The standard InChI is InChI=1S/C21H28N6O/c1-14(2)27-8-6-22-20(27)12-26-7-5-17(11-26)9-18-10-19(24-13-23-18)21-15(3)25-28-16(21)4/h6,8,10,13-14,17H,5,7,9,11-12H2,1-4H3/t17-/m1/s1. The molecule has 0 aromatic carbocycles. The van der Waals surface area contributed by atoms with Crippen molar-refractivity contribution in [1.82, 2.24) is 29.6 Å². The fraction of sp³-hybridized carbons (Fsp3) is 0.524. The highest BCUT2D eigenvalue weighted by Crippen LogP contribution is 2.27. The third kappa shape index (κ3) is 3.85. The van der Waals surface area contributed by atoms with Crippen LogP contribution in [0.5, 0.6) is 0 Å². The zero-order chi connectivity index (χ0) is 19.7. The second-order valence-corrected chi connectivity index (χ2v) is 8.03. The van der Waals surface area contributed by atoms with Crippen LogP contribution < -0.4 is 0 Å². The number of aryl methyl sites for hydroxylation is 2.